The predicted octanol–water partition coefficient (Wildman–Crippen LogP) is 5.63. The third-order valence-electron chi connectivity index (χ3n) is 2.98. The Kier molecular flexibility index (Phi) is 4.83. The average Bonchev–Trinajstić information content (AvgIpc) is 2.47. The number of para-hydroxylation sites is 1. The highest BCUT2D eigenvalue weighted by Crippen LogP contribution is 2.35. The van der Waals surface area contributed by atoms with Crippen LogP contribution in [0.3, 0.4) is 0 Å². The molecule has 0 saturated carbocycles. The van der Waals surface area contributed by atoms with Gasteiger partial charge >= 0.3 is 0 Å². The minimum Gasteiger partial charge on any atom is -0.493 e. The van der Waals surface area contributed by atoms with Gasteiger partial charge in [-0.2, -0.15) is 0 Å². The van der Waals surface area contributed by atoms with Gasteiger partial charge in [0.15, 0.2) is 0 Å². The molecular weight excluding hydrogens is 284 g/mol. The Bertz CT molecular complexity index is 585. The second kappa shape index (κ2) is 6.61. The first-order valence-electron chi connectivity index (χ1n) is 6.46. The van der Waals surface area contributed by atoms with E-state index in [2.05, 4.69) is 0 Å². The Morgan fingerprint density at radius 1 is 0.905 bits per heavy atom. The Balaban J connectivity index is 2.57. The van der Waals surface area contributed by atoms with Crippen LogP contribution in [-0.4, -0.2) is 6.61 Å². The smallest absolute Gasteiger partial charge is 0.263 e. The maximum atomic E-state index is 12.9. The number of hydrogen-bond donors (Lipinski definition) is 0. The van der Waals surface area contributed by atoms with E-state index < -0.39 is 24.0 Å². The molecule has 2 aromatic rings. The van der Waals surface area contributed by atoms with E-state index >= 15 is 0 Å². The zero-order valence-corrected chi connectivity index (χ0v) is 11.3. The van der Waals surface area contributed by atoms with Gasteiger partial charge in [-0.25, -0.2) is 17.6 Å². The van der Waals surface area contributed by atoms with E-state index in [1.54, 1.807) is 31.2 Å². The lowest BCUT2D eigenvalue weighted by Crippen LogP contribution is -1.96. The number of alkyl halides is 4. The van der Waals surface area contributed by atoms with Gasteiger partial charge in [0.25, 0.3) is 12.9 Å². The van der Waals surface area contributed by atoms with E-state index in [4.69, 9.17) is 4.74 Å². The summed E-state index contributed by atoms with van der Waals surface area (Å²) in [6.45, 7) is 2.18. The second-order valence-electron chi connectivity index (χ2n) is 4.42. The van der Waals surface area contributed by atoms with Crippen molar-refractivity contribution >= 4 is 0 Å². The Morgan fingerprint density at radius 2 is 1.48 bits per heavy atom. The molecule has 0 aromatic heterocycles. The maximum Gasteiger partial charge on any atom is 0.263 e. The van der Waals surface area contributed by atoms with Crippen molar-refractivity contribution in [1.29, 1.82) is 0 Å². The summed E-state index contributed by atoms with van der Waals surface area (Å²) in [6, 6.07) is 10.0. The summed E-state index contributed by atoms with van der Waals surface area (Å²) in [7, 11) is 0. The molecule has 0 fully saturated rings. The van der Waals surface area contributed by atoms with Crippen molar-refractivity contribution in [3.63, 3.8) is 0 Å². The summed E-state index contributed by atoms with van der Waals surface area (Å²) in [5, 5.41) is 0. The maximum absolute atomic E-state index is 12.9. The van der Waals surface area contributed by atoms with Gasteiger partial charge in [-0.05, 0) is 36.8 Å². The molecule has 1 nitrogen and oxygen atoms in total. The SMILES string of the molecule is CCOc1ccccc1-c1cc(C(F)F)cc(C(F)F)c1. The third kappa shape index (κ3) is 3.54. The molecule has 2 rings (SSSR count). The van der Waals surface area contributed by atoms with Crippen molar-refractivity contribution in [2.75, 3.05) is 6.61 Å². The molecule has 0 amide bonds. The van der Waals surface area contributed by atoms with E-state index in [0.717, 1.165) is 6.07 Å². The van der Waals surface area contributed by atoms with Crippen LogP contribution in [0.15, 0.2) is 42.5 Å². The van der Waals surface area contributed by atoms with Crippen LogP contribution in [0.1, 0.15) is 30.9 Å². The van der Waals surface area contributed by atoms with Crippen molar-refractivity contribution in [3.05, 3.63) is 53.6 Å². The van der Waals surface area contributed by atoms with E-state index in [1.807, 2.05) is 0 Å². The Labute approximate surface area is 120 Å². The summed E-state index contributed by atoms with van der Waals surface area (Å²) < 4.78 is 56.9. The zero-order valence-electron chi connectivity index (χ0n) is 11.3. The van der Waals surface area contributed by atoms with Gasteiger partial charge in [0.2, 0.25) is 0 Å². The second-order valence-corrected chi connectivity index (χ2v) is 4.42. The quantitative estimate of drug-likeness (QED) is 0.650. The molecule has 0 aliphatic heterocycles. The molecule has 2 aromatic carbocycles. The number of halogens is 4. The van der Waals surface area contributed by atoms with Gasteiger partial charge in [0, 0.05) is 16.7 Å². The fourth-order valence-corrected chi connectivity index (χ4v) is 2.07. The highest BCUT2D eigenvalue weighted by atomic mass is 19.3. The topological polar surface area (TPSA) is 9.23 Å². The van der Waals surface area contributed by atoms with Gasteiger partial charge in [-0.3, -0.25) is 0 Å². The largest absolute Gasteiger partial charge is 0.493 e. The van der Waals surface area contributed by atoms with E-state index in [-0.39, 0.29) is 0 Å². The number of rotatable bonds is 5. The van der Waals surface area contributed by atoms with Gasteiger partial charge in [-0.1, -0.05) is 18.2 Å². The molecule has 0 heterocycles. The molecule has 0 bridgehead atoms. The van der Waals surface area contributed by atoms with Crippen LogP contribution in [0, 0.1) is 0 Å². The summed E-state index contributed by atoms with van der Waals surface area (Å²) in [5.74, 6) is 0.478. The Hall–Kier alpha value is -2.04. The number of ether oxygens (including phenoxy) is 1. The molecule has 0 N–H and O–H groups in total. The fraction of sp³-hybridized carbons (Fsp3) is 0.250. The molecule has 0 radical (unpaired) electrons. The normalized spacial score (nSPS) is 11.2. The molecule has 21 heavy (non-hydrogen) atoms. The molecule has 0 atom stereocenters. The molecule has 0 aliphatic carbocycles. The first-order valence-corrected chi connectivity index (χ1v) is 6.46. The lowest BCUT2D eigenvalue weighted by Gasteiger charge is -2.13. The van der Waals surface area contributed by atoms with E-state index in [1.165, 1.54) is 12.1 Å². The average molecular weight is 298 g/mol. The van der Waals surface area contributed by atoms with Crippen molar-refractivity contribution in [2.24, 2.45) is 0 Å². The van der Waals surface area contributed by atoms with Crippen LogP contribution in [0.25, 0.3) is 11.1 Å². The monoisotopic (exact) mass is 298 g/mol. The van der Waals surface area contributed by atoms with Gasteiger partial charge in [0.05, 0.1) is 6.61 Å². The predicted molar refractivity (Wildman–Crippen MR) is 73.0 cm³/mol. The first-order chi connectivity index (χ1) is 10.0. The van der Waals surface area contributed by atoms with Crippen molar-refractivity contribution in [1.82, 2.24) is 0 Å². The number of benzene rings is 2. The van der Waals surface area contributed by atoms with Gasteiger partial charge in [-0.15, -0.1) is 0 Å². The van der Waals surface area contributed by atoms with E-state index in [9.17, 15) is 17.6 Å². The van der Waals surface area contributed by atoms with E-state index in [0.29, 0.717) is 23.5 Å². The lowest BCUT2D eigenvalue weighted by atomic mass is 9.99. The standard InChI is InChI=1S/C16H14F4O/c1-2-21-14-6-4-3-5-13(14)10-7-11(15(17)18)9-12(8-10)16(19)20/h3-9,15-16H,2H2,1H3. The molecule has 0 aliphatic rings. The number of hydrogen-bond acceptors (Lipinski definition) is 1. The van der Waals surface area contributed by atoms with Crippen molar-refractivity contribution < 1.29 is 22.3 Å². The summed E-state index contributed by atoms with van der Waals surface area (Å²) >= 11 is 0. The van der Waals surface area contributed by atoms with Crippen LogP contribution < -0.4 is 4.74 Å². The lowest BCUT2D eigenvalue weighted by molar-refractivity contribution is 0.144. The minimum absolute atomic E-state index is 0.298. The first kappa shape index (κ1) is 15.4. The summed E-state index contributed by atoms with van der Waals surface area (Å²) in [4.78, 5) is 0. The van der Waals surface area contributed by atoms with Crippen molar-refractivity contribution in [3.8, 4) is 16.9 Å². The van der Waals surface area contributed by atoms with Crippen LogP contribution >= 0.6 is 0 Å². The Morgan fingerprint density at radius 3 is 2.00 bits per heavy atom. The molecule has 112 valence electrons. The highest BCUT2D eigenvalue weighted by molar-refractivity contribution is 5.71. The summed E-state index contributed by atoms with van der Waals surface area (Å²) in [5.41, 5.74) is -0.0286. The molecule has 0 unspecified atom stereocenters. The van der Waals surface area contributed by atoms with Crippen LogP contribution in [0.4, 0.5) is 17.6 Å². The fourth-order valence-electron chi connectivity index (χ4n) is 2.07. The zero-order chi connectivity index (χ0) is 15.4. The van der Waals surface area contributed by atoms with Crippen LogP contribution in [0.2, 0.25) is 0 Å². The molecular formula is C16H14F4O. The molecule has 0 spiro atoms. The van der Waals surface area contributed by atoms with Crippen LogP contribution in [0.5, 0.6) is 5.75 Å². The third-order valence-corrected chi connectivity index (χ3v) is 2.98. The summed E-state index contributed by atoms with van der Waals surface area (Å²) in [6.07, 6.45) is -5.61. The van der Waals surface area contributed by atoms with Gasteiger partial charge in [0.1, 0.15) is 5.75 Å². The highest BCUT2D eigenvalue weighted by Gasteiger charge is 2.17. The van der Waals surface area contributed by atoms with Crippen molar-refractivity contribution in [2.45, 2.75) is 19.8 Å². The molecule has 5 heteroatoms. The van der Waals surface area contributed by atoms with Gasteiger partial charge < -0.3 is 4.74 Å². The van der Waals surface area contributed by atoms with Crippen LogP contribution in [-0.2, 0) is 0 Å². The minimum atomic E-state index is -2.80. The molecule has 0 saturated heterocycles.